The molecule has 0 spiro atoms. The number of hydrogen-bond acceptors (Lipinski definition) is 1. The van der Waals surface area contributed by atoms with Gasteiger partial charge >= 0.3 is 0 Å². The van der Waals surface area contributed by atoms with Gasteiger partial charge in [-0.15, -0.1) is 0 Å². The molecule has 1 aromatic rings. The van der Waals surface area contributed by atoms with Crippen molar-refractivity contribution in [3.8, 4) is 0 Å². The van der Waals surface area contributed by atoms with Crippen LogP contribution in [0.2, 0.25) is 5.02 Å². The Balaban J connectivity index is 2.63. The normalized spacial score (nSPS) is 15.0. The van der Waals surface area contributed by atoms with Gasteiger partial charge in [0.25, 0.3) is 0 Å². The molecule has 1 aliphatic rings. The number of Topliss-reactive ketones (excluding diaryl/α,β-unsaturated/α-hetero) is 1. The molecule has 2 heteroatoms. The number of rotatable bonds is 0. The van der Waals surface area contributed by atoms with Crippen molar-refractivity contribution in [2.75, 3.05) is 0 Å². The van der Waals surface area contributed by atoms with E-state index in [1.807, 2.05) is 13.0 Å². The van der Waals surface area contributed by atoms with E-state index in [1.54, 1.807) is 6.07 Å². The summed E-state index contributed by atoms with van der Waals surface area (Å²) in [6, 6.07) is 3.81. The molecule has 0 atom stereocenters. The number of benzene rings is 1. The van der Waals surface area contributed by atoms with Crippen LogP contribution in [0.4, 0.5) is 0 Å². The molecule has 0 bridgehead atoms. The standard InChI is InChI=1S/C10H9ClO/c1-6-4-7-2-3-10(12)8(7)5-9(6)11/h4-5H,2-3H2,1H3. The predicted octanol–water partition coefficient (Wildman–Crippen LogP) is 2.78. The highest BCUT2D eigenvalue weighted by Gasteiger charge is 2.19. The van der Waals surface area contributed by atoms with Gasteiger partial charge in [0.2, 0.25) is 0 Å². The first kappa shape index (κ1) is 7.81. The van der Waals surface area contributed by atoms with Crippen molar-refractivity contribution in [3.63, 3.8) is 0 Å². The van der Waals surface area contributed by atoms with Gasteiger partial charge < -0.3 is 0 Å². The van der Waals surface area contributed by atoms with Gasteiger partial charge in [-0.3, -0.25) is 4.79 Å². The fraction of sp³-hybridized carbons (Fsp3) is 0.300. The Morgan fingerprint density at radius 3 is 2.83 bits per heavy atom. The lowest BCUT2D eigenvalue weighted by Crippen LogP contribution is -1.91. The van der Waals surface area contributed by atoms with E-state index in [1.165, 1.54) is 0 Å². The molecule has 0 radical (unpaired) electrons. The summed E-state index contributed by atoms with van der Waals surface area (Å²) in [5, 5.41) is 0.698. The Hall–Kier alpha value is -0.820. The molecule has 1 aromatic carbocycles. The molecular formula is C10H9ClO. The van der Waals surface area contributed by atoms with Crippen LogP contribution in [-0.4, -0.2) is 5.78 Å². The van der Waals surface area contributed by atoms with E-state index in [2.05, 4.69) is 0 Å². The van der Waals surface area contributed by atoms with Crippen LogP contribution >= 0.6 is 11.6 Å². The second-order valence-corrected chi connectivity index (χ2v) is 3.59. The third-order valence-electron chi connectivity index (χ3n) is 2.31. The van der Waals surface area contributed by atoms with Crippen molar-refractivity contribution in [1.82, 2.24) is 0 Å². The minimum atomic E-state index is 0.229. The zero-order valence-electron chi connectivity index (χ0n) is 6.86. The van der Waals surface area contributed by atoms with E-state index in [4.69, 9.17) is 11.6 Å². The third-order valence-corrected chi connectivity index (χ3v) is 2.71. The monoisotopic (exact) mass is 180 g/mol. The first-order valence-corrected chi connectivity index (χ1v) is 4.38. The van der Waals surface area contributed by atoms with Crippen LogP contribution in [0.1, 0.15) is 27.9 Å². The second-order valence-electron chi connectivity index (χ2n) is 3.18. The summed E-state index contributed by atoms with van der Waals surface area (Å²) in [6.07, 6.45) is 1.53. The molecule has 62 valence electrons. The first-order chi connectivity index (χ1) is 5.68. The van der Waals surface area contributed by atoms with Crippen LogP contribution in [0.15, 0.2) is 12.1 Å². The van der Waals surface area contributed by atoms with Crippen molar-refractivity contribution < 1.29 is 4.79 Å². The average Bonchev–Trinajstić information content (AvgIpc) is 2.35. The van der Waals surface area contributed by atoms with Gasteiger partial charge in [-0.1, -0.05) is 17.7 Å². The minimum Gasteiger partial charge on any atom is -0.294 e. The van der Waals surface area contributed by atoms with Gasteiger partial charge in [0.15, 0.2) is 5.78 Å². The zero-order valence-corrected chi connectivity index (χ0v) is 7.61. The summed E-state index contributed by atoms with van der Waals surface area (Å²) in [7, 11) is 0. The Morgan fingerprint density at radius 2 is 2.08 bits per heavy atom. The quantitative estimate of drug-likeness (QED) is 0.600. The molecule has 1 nitrogen and oxygen atoms in total. The van der Waals surface area contributed by atoms with Crippen molar-refractivity contribution in [1.29, 1.82) is 0 Å². The molecule has 1 aliphatic carbocycles. The lowest BCUT2D eigenvalue weighted by Gasteiger charge is -2.01. The highest BCUT2D eigenvalue weighted by Crippen LogP contribution is 2.27. The lowest BCUT2D eigenvalue weighted by atomic mass is 10.1. The molecule has 2 rings (SSSR count). The average molecular weight is 181 g/mol. The van der Waals surface area contributed by atoms with Gasteiger partial charge in [0.1, 0.15) is 0 Å². The Kier molecular flexibility index (Phi) is 1.69. The Morgan fingerprint density at radius 1 is 1.33 bits per heavy atom. The van der Waals surface area contributed by atoms with Gasteiger partial charge in [-0.05, 0) is 30.5 Å². The lowest BCUT2D eigenvalue weighted by molar-refractivity contribution is 0.0994. The molecule has 0 amide bonds. The number of hydrogen-bond donors (Lipinski definition) is 0. The summed E-state index contributed by atoms with van der Waals surface area (Å²) in [6.45, 7) is 1.96. The largest absolute Gasteiger partial charge is 0.294 e. The van der Waals surface area contributed by atoms with Gasteiger partial charge in [0, 0.05) is 17.0 Å². The second kappa shape index (κ2) is 2.60. The number of fused-ring (bicyclic) bond motifs is 1. The van der Waals surface area contributed by atoms with Crippen molar-refractivity contribution >= 4 is 17.4 Å². The summed E-state index contributed by atoms with van der Waals surface area (Å²) in [4.78, 5) is 11.3. The van der Waals surface area contributed by atoms with Crippen LogP contribution in [0.5, 0.6) is 0 Å². The van der Waals surface area contributed by atoms with Crippen LogP contribution in [-0.2, 0) is 6.42 Å². The molecule has 0 saturated carbocycles. The molecular weight excluding hydrogens is 172 g/mol. The molecule has 0 saturated heterocycles. The van der Waals surface area contributed by atoms with Gasteiger partial charge in [-0.25, -0.2) is 0 Å². The Labute approximate surface area is 76.4 Å². The van der Waals surface area contributed by atoms with Crippen LogP contribution in [0.25, 0.3) is 0 Å². The Bertz CT molecular complexity index is 355. The maximum atomic E-state index is 11.3. The van der Waals surface area contributed by atoms with E-state index in [0.717, 1.165) is 23.1 Å². The summed E-state index contributed by atoms with van der Waals surface area (Å²) in [5.74, 6) is 0.229. The fourth-order valence-electron chi connectivity index (χ4n) is 1.59. The molecule has 12 heavy (non-hydrogen) atoms. The minimum absolute atomic E-state index is 0.229. The van der Waals surface area contributed by atoms with E-state index in [-0.39, 0.29) is 5.78 Å². The number of aryl methyl sites for hydroxylation is 2. The predicted molar refractivity (Wildman–Crippen MR) is 48.8 cm³/mol. The van der Waals surface area contributed by atoms with E-state index >= 15 is 0 Å². The highest BCUT2D eigenvalue weighted by atomic mass is 35.5. The van der Waals surface area contributed by atoms with Crippen LogP contribution in [0, 0.1) is 6.92 Å². The molecule has 0 fully saturated rings. The van der Waals surface area contributed by atoms with Crippen molar-refractivity contribution in [3.05, 3.63) is 33.8 Å². The third kappa shape index (κ3) is 1.05. The molecule has 0 unspecified atom stereocenters. The number of carbonyl (C=O) groups excluding carboxylic acids is 1. The molecule has 0 aromatic heterocycles. The maximum absolute atomic E-state index is 11.3. The first-order valence-electron chi connectivity index (χ1n) is 4.00. The van der Waals surface area contributed by atoms with Crippen molar-refractivity contribution in [2.24, 2.45) is 0 Å². The van der Waals surface area contributed by atoms with E-state index < -0.39 is 0 Å². The van der Waals surface area contributed by atoms with E-state index in [0.29, 0.717) is 11.4 Å². The number of ketones is 1. The summed E-state index contributed by atoms with van der Waals surface area (Å²) < 4.78 is 0. The maximum Gasteiger partial charge on any atom is 0.163 e. The highest BCUT2D eigenvalue weighted by molar-refractivity contribution is 6.31. The van der Waals surface area contributed by atoms with Crippen LogP contribution in [0.3, 0.4) is 0 Å². The smallest absolute Gasteiger partial charge is 0.163 e. The van der Waals surface area contributed by atoms with Crippen molar-refractivity contribution in [2.45, 2.75) is 19.8 Å². The van der Waals surface area contributed by atoms with E-state index in [9.17, 15) is 4.79 Å². The number of halogens is 1. The molecule has 0 N–H and O–H groups in total. The van der Waals surface area contributed by atoms with Crippen LogP contribution < -0.4 is 0 Å². The van der Waals surface area contributed by atoms with Gasteiger partial charge in [0.05, 0.1) is 0 Å². The SMILES string of the molecule is Cc1cc2c(cc1Cl)C(=O)CC2. The summed E-state index contributed by atoms with van der Waals surface area (Å²) >= 11 is 5.91. The topological polar surface area (TPSA) is 17.1 Å². The fourth-order valence-corrected chi connectivity index (χ4v) is 1.75. The molecule has 0 heterocycles. The number of carbonyl (C=O) groups is 1. The van der Waals surface area contributed by atoms with Gasteiger partial charge in [-0.2, -0.15) is 0 Å². The summed E-state index contributed by atoms with van der Waals surface area (Å²) in [5.41, 5.74) is 3.04. The molecule has 0 aliphatic heterocycles. The zero-order chi connectivity index (χ0) is 8.72.